The first kappa shape index (κ1) is 15.1. The van der Waals surface area contributed by atoms with Crippen molar-refractivity contribution < 1.29 is 18.3 Å². The Hall–Kier alpha value is -1.96. The number of hydrogen-bond acceptors (Lipinski definition) is 4. The summed E-state index contributed by atoms with van der Waals surface area (Å²) < 4.78 is 33.5. The molecule has 0 radical (unpaired) electrons. The molecular weight excluding hydrogens is 276 g/mol. The van der Waals surface area contributed by atoms with Crippen LogP contribution in [-0.4, -0.2) is 32.1 Å². The Labute approximate surface area is 114 Å². The number of rotatable bonds is 5. The van der Waals surface area contributed by atoms with Crippen molar-refractivity contribution in [2.75, 3.05) is 14.2 Å². The molecule has 8 heteroatoms. The van der Waals surface area contributed by atoms with Gasteiger partial charge in [-0.15, -0.1) is 0 Å². The molecule has 1 aromatic rings. The first-order valence-electron chi connectivity index (χ1n) is 5.20. The molecule has 0 aliphatic heterocycles. The zero-order valence-electron chi connectivity index (χ0n) is 10.3. The monoisotopic (exact) mass is 289 g/mol. The molecule has 0 saturated carbocycles. The number of ether oxygens (including phenoxy) is 2. The van der Waals surface area contributed by atoms with E-state index in [4.69, 9.17) is 17.0 Å². The lowest BCUT2D eigenvalue weighted by atomic mass is 10.2. The Kier molecular flexibility index (Phi) is 5.94. The number of alkyl halides is 2. The van der Waals surface area contributed by atoms with Crippen molar-refractivity contribution in [3.05, 3.63) is 23.8 Å². The summed E-state index contributed by atoms with van der Waals surface area (Å²) >= 11 is 4.82. The van der Waals surface area contributed by atoms with Crippen LogP contribution in [0.15, 0.2) is 23.3 Å². The van der Waals surface area contributed by atoms with E-state index >= 15 is 0 Å². The standard InChI is InChI=1S/C11H13F2N3O2S/c1-14-11(19)16-15-6-7-3-4-8(18-10(12)13)9(5-7)17-2/h3-6,10H,1-2H3,(H2,14,16,19)/b15-6-. The zero-order valence-corrected chi connectivity index (χ0v) is 11.1. The van der Waals surface area contributed by atoms with Crippen molar-refractivity contribution >= 4 is 23.5 Å². The van der Waals surface area contributed by atoms with E-state index in [1.165, 1.54) is 25.5 Å². The summed E-state index contributed by atoms with van der Waals surface area (Å²) in [4.78, 5) is 0. The normalized spacial score (nSPS) is 10.6. The van der Waals surface area contributed by atoms with Crippen LogP contribution in [0.2, 0.25) is 0 Å². The largest absolute Gasteiger partial charge is 0.493 e. The summed E-state index contributed by atoms with van der Waals surface area (Å²) in [6.45, 7) is -2.90. The average Bonchev–Trinajstić information content (AvgIpc) is 2.39. The van der Waals surface area contributed by atoms with Gasteiger partial charge in [-0.05, 0) is 36.0 Å². The molecule has 1 rings (SSSR count). The Morgan fingerprint density at radius 3 is 2.74 bits per heavy atom. The number of methoxy groups -OCH3 is 1. The summed E-state index contributed by atoms with van der Waals surface area (Å²) in [5, 5.41) is 6.90. The van der Waals surface area contributed by atoms with Crippen molar-refractivity contribution in [2.45, 2.75) is 6.61 Å². The molecule has 0 aromatic heterocycles. The quantitative estimate of drug-likeness (QED) is 0.491. The molecule has 0 fully saturated rings. The topological polar surface area (TPSA) is 54.9 Å². The lowest BCUT2D eigenvalue weighted by molar-refractivity contribution is -0.0512. The molecule has 0 saturated heterocycles. The third kappa shape index (κ3) is 5.04. The Morgan fingerprint density at radius 1 is 1.42 bits per heavy atom. The second kappa shape index (κ2) is 7.47. The summed E-state index contributed by atoms with van der Waals surface area (Å²) in [5.74, 6) is 0.161. The maximum atomic E-state index is 12.1. The van der Waals surface area contributed by atoms with Crippen LogP contribution in [0.3, 0.4) is 0 Å². The molecule has 19 heavy (non-hydrogen) atoms. The number of nitrogens with zero attached hydrogens (tertiary/aromatic N) is 1. The fraction of sp³-hybridized carbons (Fsp3) is 0.273. The van der Waals surface area contributed by atoms with Crippen LogP contribution in [0.25, 0.3) is 0 Å². The molecule has 5 nitrogen and oxygen atoms in total. The van der Waals surface area contributed by atoms with E-state index in [1.807, 2.05) is 0 Å². The molecule has 104 valence electrons. The van der Waals surface area contributed by atoms with Gasteiger partial charge in [0.15, 0.2) is 16.6 Å². The molecule has 0 amide bonds. The van der Waals surface area contributed by atoms with Crippen molar-refractivity contribution in [3.8, 4) is 11.5 Å². The first-order chi connectivity index (χ1) is 9.06. The summed E-state index contributed by atoms with van der Waals surface area (Å²) in [6.07, 6.45) is 1.47. The SMILES string of the molecule is CNC(=S)N/N=C\c1ccc(OC(F)F)c(OC)c1. The minimum atomic E-state index is -2.90. The highest BCUT2D eigenvalue weighted by Crippen LogP contribution is 2.28. The second-order valence-electron chi connectivity index (χ2n) is 3.24. The Morgan fingerprint density at radius 2 is 2.16 bits per heavy atom. The maximum Gasteiger partial charge on any atom is 0.387 e. The van der Waals surface area contributed by atoms with Crippen molar-refractivity contribution in [2.24, 2.45) is 5.10 Å². The molecule has 2 N–H and O–H groups in total. The third-order valence-electron chi connectivity index (χ3n) is 2.01. The molecule has 0 atom stereocenters. The highest BCUT2D eigenvalue weighted by atomic mass is 32.1. The average molecular weight is 289 g/mol. The van der Waals surface area contributed by atoms with Gasteiger partial charge >= 0.3 is 6.61 Å². The van der Waals surface area contributed by atoms with E-state index in [0.29, 0.717) is 10.7 Å². The van der Waals surface area contributed by atoms with E-state index in [-0.39, 0.29) is 11.5 Å². The van der Waals surface area contributed by atoms with E-state index in [1.54, 1.807) is 13.1 Å². The number of benzene rings is 1. The van der Waals surface area contributed by atoms with Gasteiger partial charge in [-0.2, -0.15) is 13.9 Å². The highest BCUT2D eigenvalue weighted by molar-refractivity contribution is 7.80. The molecule has 0 spiro atoms. The van der Waals surface area contributed by atoms with Crippen molar-refractivity contribution in [1.82, 2.24) is 10.7 Å². The highest BCUT2D eigenvalue weighted by Gasteiger charge is 2.10. The summed E-state index contributed by atoms with van der Waals surface area (Å²) in [5.41, 5.74) is 3.21. The van der Waals surface area contributed by atoms with Crippen molar-refractivity contribution in [1.29, 1.82) is 0 Å². The lowest BCUT2D eigenvalue weighted by Crippen LogP contribution is -2.28. The summed E-state index contributed by atoms with van der Waals surface area (Å²) in [6, 6.07) is 4.46. The minimum absolute atomic E-state index is 0.0339. The van der Waals surface area contributed by atoms with Crippen LogP contribution in [0.4, 0.5) is 8.78 Å². The predicted molar refractivity (Wildman–Crippen MR) is 72.0 cm³/mol. The molecule has 1 aromatic carbocycles. The number of thiocarbonyl (C=S) groups is 1. The van der Waals surface area contributed by atoms with E-state index < -0.39 is 6.61 Å². The van der Waals surface area contributed by atoms with Gasteiger partial charge in [0.25, 0.3) is 0 Å². The van der Waals surface area contributed by atoms with Crippen LogP contribution < -0.4 is 20.2 Å². The van der Waals surface area contributed by atoms with Gasteiger partial charge in [0.1, 0.15) is 0 Å². The van der Waals surface area contributed by atoms with Crippen LogP contribution in [0.1, 0.15) is 5.56 Å². The van der Waals surface area contributed by atoms with Gasteiger partial charge in [-0.3, -0.25) is 5.43 Å². The molecule has 0 heterocycles. The molecule has 0 aliphatic carbocycles. The van der Waals surface area contributed by atoms with Gasteiger partial charge in [-0.25, -0.2) is 0 Å². The molecular formula is C11H13F2N3O2S. The van der Waals surface area contributed by atoms with Crippen LogP contribution in [0, 0.1) is 0 Å². The minimum Gasteiger partial charge on any atom is -0.493 e. The first-order valence-corrected chi connectivity index (χ1v) is 5.61. The maximum absolute atomic E-state index is 12.1. The second-order valence-corrected chi connectivity index (χ2v) is 3.65. The van der Waals surface area contributed by atoms with Crippen LogP contribution >= 0.6 is 12.2 Å². The predicted octanol–water partition coefficient (Wildman–Crippen LogP) is 1.72. The number of hydrazone groups is 1. The van der Waals surface area contributed by atoms with Gasteiger partial charge in [0.2, 0.25) is 0 Å². The van der Waals surface area contributed by atoms with E-state index in [2.05, 4.69) is 20.6 Å². The number of halogens is 2. The van der Waals surface area contributed by atoms with Crippen LogP contribution in [0.5, 0.6) is 11.5 Å². The van der Waals surface area contributed by atoms with Gasteiger partial charge in [0.05, 0.1) is 13.3 Å². The number of nitrogens with one attached hydrogen (secondary N) is 2. The molecule has 0 aliphatic rings. The Balaban J connectivity index is 2.79. The lowest BCUT2D eigenvalue weighted by Gasteiger charge is -2.10. The van der Waals surface area contributed by atoms with E-state index in [0.717, 1.165) is 0 Å². The number of hydrogen-bond donors (Lipinski definition) is 2. The van der Waals surface area contributed by atoms with Gasteiger partial charge < -0.3 is 14.8 Å². The molecule has 0 bridgehead atoms. The zero-order chi connectivity index (χ0) is 14.3. The van der Waals surface area contributed by atoms with Gasteiger partial charge in [0, 0.05) is 7.05 Å². The fourth-order valence-electron chi connectivity index (χ4n) is 1.18. The van der Waals surface area contributed by atoms with Crippen molar-refractivity contribution in [3.63, 3.8) is 0 Å². The Bertz CT molecular complexity index is 469. The molecule has 0 unspecified atom stereocenters. The van der Waals surface area contributed by atoms with Gasteiger partial charge in [-0.1, -0.05) is 0 Å². The fourth-order valence-corrected chi connectivity index (χ4v) is 1.23. The van der Waals surface area contributed by atoms with E-state index in [9.17, 15) is 8.78 Å². The summed E-state index contributed by atoms with van der Waals surface area (Å²) in [7, 11) is 3.02. The smallest absolute Gasteiger partial charge is 0.387 e. The van der Waals surface area contributed by atoms with Crippen LogP contribution in [-0.2, 0) is 0 Å². The third-order valence-corrected chi connectivity index (χ3v) is 2.31.